The minimum atomic E-state index is -3.26. The topological polar surface area (TPSA) is 73.8 Å². The standard InChI is InChI=1S/C19H24N4O2S.HI/c1-3-20-19(23-13-12-16-6-4-5-7-18(16)23)21-14-15-8-10-17(11-9-15)22-26(2,24)25;/h4-11,22H,3,12-14H2,1-2H3,(H,20,21);1H. The zero-order chi connectivity index (χ0) is 18.6. The van der Waals surface area contributed by atoms with E-state index in [1.54, 1.807) is 12.1 Å². The third kappa shape index (κ3) is 5.83. The highest BCUT2D eigenvalue weighted by molar-refractivity contribution is 14.0. The van der Waals surface area contributed by atoms with Gasteiger partial charge in [0.25, 0.3) is 0 Å². The summed E-state index contributed by atoms with van der Waals surface area (Å²) in [5.41, 5.74) is 4.13. The van der Waals surface area contributed by atoms with Gasteiger partial charge in [0.05, 0.1) is 12.8 Å². The van der Waals surface area contributed by atoms with Crippen molar-refractivity contribution in [2.45, 2.75) is 19.9 Å². The first kappa shape index (κ1) is 21.5. The highest BCUT2D eigenvalue weighted by Crippen LogP contribution is 2.27. The van der Waals surface area contributed by atoms with E-state index in [0.717, 1.165) is 37.3 Å². The molecule has 0 aliphatic carbocycles. The number of nitrogens with one attached hydrogen (secondary N) is 2. The van der Waals surface area contributed by atoms with Crippen molar-refractivity contribution in [2.24, 2.45) is 4.99 Å². The third-order valence-electron chi connectivity index (χ3n) is 4.15. The average molecular weight is 500 g/mol. The number of guanidine groups is 1. The van der Waals surface area contributed by atoms with Crippen LogP contribution in [0, 0.1) is 0 Å². The molecule has 6 nitrogen and oxygen atoms in total. The number of nitrogens with zero attached hydrogens (tertiary/aromatic N) is 2. The normalized spacial score (nSPS) is 13.7. The predicted molar refractivity (Wildman–Crippen MR) is 123 cm³/mol. The molecule has 0 radical (unpaired) electrons. The van der Waals surface area contributed by atoms with Crippen LogP contribution in [0.1, 0.15) is 18.1 Å². The van der Waals surface area contributed by atoms with Crippen molar-refractivity contribution in [2.75, 3.05) is 29.0 Å². The van der Waals surface area contributed by atoms with Gasteiger partial charge < -0.3 is 10.2 Å². The Hall–Kier alpha value is -1.81. The Morgan fingerprint density at radius 3 is 2.52 bits per heavy atom. The summed E-state index contributed by atoms with van der Waals surface area (Å²) in [5, 5.41) is 3.36. The molecule has 2 N–H and O–H groups in total. The smallest absolute Gasteiger partial charge is 0.229 e. The molecule has 0 unspecified atom stereocenters. The van der Waals surface area contributed by atoms with E-state index in [1.165, 1.54) is 11.3 Å². The van der Waals surface area contributed by atoms with E-state index in [1.807, 2.05) is 18.2 Å². The van der Waals surface area contributed by atoms with E-state index in [4.69, 9.17) is 4.99 Å². The number of anilines is 2. The van der Waals surface area contributed by atoms with Gasteiger partial charge in [-0.05, 0) is 42.7 Å². The molecule has 2 aromatic rings. The van der Waals surface area contributed by atoms with Gasteiger partial charge in [0.2, 0.25) is 10.0 Å². The van der Waals surface area contributed by atoms with Crippen LogP contribution < -0.4 is 14.9 Å². The fourth-order valence-corrected chi connectivity index (χ4v) is 3.58. The van der Waals surface area contributed by atoms with Crippen LogP contribution in [-0.4, -0.2) is 33.7 Å². The fraction of sp³-hybridized carbons (Fsp3) is 0.316. The number of aliphatic imine (C=N–C) groups is 1. The number of benzene rings is 2. The van der Waals surface area contributed by atoms with E-state index in [0.29, 0.717) is 12.2 Å². The zero-order valence-electron chi connectivity index (χ0n) is 15.5. The molecule has 146 valence electrons. The Bertz CT molecular complexity index is 898. The number of para-hydroxylation sites is 1. The monoisotopic (exact) mass is 500 g/mol. The van der Waals surface area contributed by atoms with Crippen LogP contribution in [0.2, 0.25) is 0 Å². The predicted octanol–water partition coefficient (Wildman–Crippen LogP) is 3.20. The van der Waals surface area contributed by atoms with Crippen LogP contribution in [0.4, 0.5) is 11.4 Å². The Morgan fingerprint density at radius 1 is 1.15 bits per heavy atom. The van der Waals surface area contributed by atoms with Crippen LogP contribution in [-0.2, 0) is 23.0 Å². The molecule has 1 aliphatic heterocycles. The van der Waals surface area contributed by atoms with Crippen molar-refractivity contribution in [1.29, 1.82) is 0 Å². The van der Waals surface area contributed by atoms with Gasteiger partial charge in [0.15, 0.2) is 5.96 Å². The van der Waals surface area contributed by atoms with Gasteiger partial charge >= 0.3 is 0 Å². The summed E-state index contributed by atoms with van der Waals surface area (Å²) < 4.78 is 25.0. The average Bonchev–Trinajstić information content (AvgIpc) is 3.02. The number of sulfonamides is 1. The SMILES string of the molecule is CCNC(=NCc1ccc(NS(C)(=O)=O)cc1)N1CCc2ccccc21.I. The number of fused-ring (bicyclic) bond motifs is 1. The molecule has 0 aromatic heterocycles. The lowest BCUT2D eigenvalue weighted by Gasteiger charge is -2.22. The molecule has 1 aliphatic rings. The molecule has 2 aromatic carbocycles. The first-order valence-corrected chi connectivity index (χ1v) is 10.6. The lowest BCUT2D eigenvalue weighted by Crippen LogP contribution is -2.40. The second-order valence-corrected chi connectivity index (χ2v) is 8.02. The molecular formula is C19H25IN4O2S. The van der Waals surface area contributed by atoms with Gasteiger partial charge in [0.1, 0.15) is 0 Å². The number of halogens is 1. The van der Waals surface area contributed by atoms with Crippen molar-refractivity contribution < 1.29 is 8.42 Å². The molecule has 0 amide bonds. The van der Waals surface area contributed by atoms with Crippen LogP contribution in [0.3, 0.4) is 0 Å². The Balaban J connectivity index is 0.00000261. The second-order valence-electron chi connectivity index (χ2n) is 6.27. The van der Waals surface area contributed by atoms with Gasteiger partial charge in [-0.1, -0.05) is 30.3 Å². The van der Waals surface area contributed by atoms with E-state index in [-0.39, 0.29) is 24.0 Å². The van der Waals surface area contributed by atoms with E-state index >= 15 is 0 Å². The molecular weight excluding hydrogens is 475 g/mol. The Morgan fingerprint density at radius 2 is 1.85 bits per heavy atom. The lowest BCUT2D eigenvalue weighted by atomic mass is 10.2. The zero-order valence-corrected chi connectivity index (χ0v) is 18.6. The molecule has 3 rings (SSSR count). The maximum absolute atomic E-state index is 11.3. The van der Waals surface area contributed by atoms with Gasteiger partial charge in [-0.3, -0.25) is 4.72 Å². The summed E-state index contributed by atoms with van der Waals surface area (Å²) in [6.45, 7) is 4.31. The minimum Gasteiger partial charge on any atom is -0.356 e. The highest BCUT2D eigenvalue weighted by atomic mass is 127. The van der Waals surface area contributed by atoms with Gasteiger partial charge in [-0.15, -0.1) is 24.0 Å². The quantitative estimate of drug-likeness (QED) is 0.376. The summed E-state index contributed by atoms with van der Waals surface area (Å²) in [7, 11) is -3.26. The second kappa shape index (κ2) is 9.41. The molecule has 1 heterocycles. The third-order valence-corrected chi connectivity index (χ3v) is 4.75. The Kier molecular flexibility index (Phi) is 7.49. The first-order chi connectivity index (χ1) is 12.5. The summed E-state index contributed by atoms with van der Waals surface area (Å²) in [5.74, 6) is 0.871. The van der Waals surface area contributed by atoms with Crippen LogP contribution >= 0.6 is 24.0 Å². The number of hydrogen-bond donors (Lipinski definition) is 2. The minimum absolute atomic E-state index is 0. The molecule has 0 saturated carbocycles. The molecule has 0 fully saturated rings. The molecule has 0 spiro atoms. The van der Waals surface area contributed by atoms with Gasteiger partial charge in [-0.2, -0.15) is 0 Å². The van der Waals surface area contributed by atoms with E-state index < -0.39 is 10.0 Å². The molecule has 0 atom stereocenters. The maximum atomic E-state index is 11.3. The number of hydrogen-bond acceptors (Lipinski definition) is 3. The summed E-state index contributed by atoms with van der Waals surface area (Å²) >= 11 is 0. The van der Waals surface area contributed by atoms with E-state index in [9.17, 15) is 8.42 Å². The molecule has 27 heavy (non-hydrogen) atoms. The van der Waals surface area contributed by atoms with Gasteiger partial charge in [-0.25, -0.2) is 13.4 Å². The van der Waals surface area contributed by atoms with Gasteiger partial charge in [0, 0.05) is 24.5 Å². The first-order valence-electron chi connectivity index (χ1n) is 8.67. The van der Waals surface area contributed by atoms with Crippen molar-refractivity contribution in [3.05, 3.63) is 59.7 Å². The summed E-state index contributed by atoms with van der Waals surface area (Å²) in [4.78, 5) is 6.98. The maximum Gasteiger partial charge on any atom is 0.229 e. The number of rotatable bonds is 5. The largest absolute Gasteiger partial charge is 0.356 e. The van der Waals surface area contributed by atoms with Crippen molar-refractivity contribution in [3.63, 3.8) is 0 Å². The van der Waals surface area contributed by atoms with E-state index in [2.05, 4.69) is 40.1 Å². The highest BCUT2D eigenvalue weighted by Gasteiger charge is 2.22. The van der Waals surface area contributed by atoms with Crippen LogP contribution in [0.25, 0.3) is 0 Å². The van der Waals surface area contributed by atoms with Crippen molar-refractivity contribution in [3.8, 4) is 0 Å². The fourth-order valence-electron chi connectivity index (χ4n) is 3.01. The molecule has 8 heteroatoms. The van der Waals surface area contributed by atoms with Crippen LogP contribution in [0.5, 0.6) is 0 Å². The molecule has 0 bridgehead atoms. The van der Waals surface area contributed by atoms with Crippen molar-refractivity contribution >= 4 is 51.3 Å². The molecule has 0 saturated heterocycles. The summed E-state index contributed by atoms with van der Waals surface area (Å²) in [6.07, 6.45) is 2.16. The Labute approximate surface area is 178 Å². The lowest BCUT2D eigenvalue weighted by molar-refractivity contribution is 0.607. The van der Waals surface area contributed by atoms with Crippen LogP contribution in [0.15, 0.2) is 53.5 Å². The van der Waals surface area contributed by atoms with Crippen molar-refractivity contribution in [1.82, 2.24) is 5.32 Å². The summed E-state index contributed by atoms with van der Waals surface area (Å²) in [6, 6.07) is 15.7.